The zero-order valence-electron chi connectivity index (χ0n) is 43.5. The molecular formula is C31H62I38KN5O10S-2. The van der Waals surface area contributed by atoms with Crippen molar-refractivity contribution < 1.29 is 124 Å². The standard InChI is InChI=1S/C8H5NO2.C6H14O4S.C5H11N3O.C5H13NO.C5H12O2.2CH4.I35.I3.K/c10-7-5-3-1-2-4-6(5)8(11)9-7;1-6(4-9-2)5-10-11(3,7)8;1-5(4-9-2)3-7-8-6;2*1-5(3-6)4-7-2;;;1-19-21(4)23(6)25(8)27(10)29(12)31(14)33(16)35(18)34(17)32(15)30(13)28(11)26(9)24(7)22(5)20(2)3;1-3-2;/h1-4H,(H,9,10,11);6H,4-5H2,1-3H3;5H,3-4H2,1-2H3;5H,3-4,6H2,1-2H3;5-6H,3-4H2,1-2H3;2*1H4;;;/q;;;;;;;2*-1;+1/p-1. The number of ether oxygens (including phenoxy) is 4. The number of aliphatic hydroxyl groups is 1. The zero-order chi connectivity index (χ0) is 65.9. The molecule has 0 spiro atoms. The third-order valence-electron chi connectivity index (χ3n) is 6.40. The van der Waals surface area contributed by atoms with Gasteiger partial charge in [0, 0.05) is 82.7 Å². The number of hydrogen-bond donors (Lipinski definition) is 2. The minimum absolute atomic E-state index is 0. The number of amides is 2. The summed E-state index contributed by atoms with van der Waals surface area (Å²) >= 11 is 63.4. The van der Waals surface area contributed by atoms with E-state index in [-0.39, 0.29) is 99.2 Å². The van der Waals surface area contributed by atoms with Gasteiger partial charge in [0.1, 0.15) is 0 Å². The molecule has 1 aromatic carbocycles. The molecule has 3 N–H and O–H groups in total. The first-order chi connectivity index (χ1) is 38.5. The van der Waals surface area contributed by atoms with Crippen LogP contribution in [-0.4, -0.2) is 113 Å². The third-order valence-corrected chi connectivity index (χ3v) is 2570. The van der Waals surface area contributed by atoms with Crippen molar-refractivity contribution in [3.8, 4) is 0 Å². The van der Waals surface area contributed by atoms with Gasteiger partial charge in [-0.05, 0) is 23.9 Å². The molecule has 0 radical (unpaired) electrons. The fourth-order valence-corrected chi connectivity index (χ4v) is 6080. The Balaban J connectivity index is -0.000000161. The molecule has 1 aromatic rings. The van der Waals surface area contributed by atoms with E-state index in [4.69, 9.17) is 35.3 Å². The Kier molecular flexibility index (Phi) is 127. The van der Waals surface area contributed by atoms with Gasteiger partial charge in [0.05, 0.1) is 37.9 Å². The Bertz CT molecular complexity index is 1920. The summed E-state index contributed by atoms with van der Waals surface area (Å²) in [7, 11) is -4.35. The molecule has 1 heterocycles. The molecule has 2 rings (SSSR count). The maximum absolute atomic E-state index is 10.9. The topological polar surface area (TPSA) is 224 Å². The predicted molar refractivity (Wildman–Crippen MR) is 692 cm³/mol. The Morgan fingerprint density at radius 1 is 0.570 bits per heavy atom. The van der Waals surface area contributed by atoms with Crippen LogP contribution in [0.5, 0.6) is 0 Å². The summed E-state index contributed by atoms with van der Waals surface area (Å²) in [6.07, 6.45) is 1.03. The van der Waals surface area contributed by atoms with E-state index in [1.807, 2.05) is 20.8 Å². The van der Waals surface area contributed by atoms with Crippen molar-refractivity contribution in [2.75, 3.05) is 87.4 Å². The molecule has 55 heteroatoms. The number of hydrogen-bond acceptors (Lipinski definition) is 12. The quantitative estimate of drug-likeness (QED) is 0.0135. The van der Waals surface area contributed by atoms with Crippen LogP contribution in [-0.2, 0) is 33.2 Å². The van der Waals surface area contributed by atoms with Crippen LogP contribution in [0.1, 0.15) is 63.3 Å². The average Bonchev–Trinajstić information content (AvgIpc) is 3.69. The van der Waals surface area contributed by atoms with Crippen LogP contribution in [0.2, 0.25) is 0 Å². The first-order valence-corrected chi connectivity index (χ1v) is 247. The van der Waals surface area contributed by atoms with E-state index in [2.05, 4.69) is 399 Å². The zero-order valence-corrected chi connectivity index (χ0v) is 129. The van der Waals surface area contributed by atoms with Gasteiger partial charge in [0.2, 0.25) is 0 Å². The molecule has 0 saturated carbocycles. The van der Waals surface area contributed by atoms with E-state index >= 15 is 0 Å². The third kappa shape index (κ3) is 70.3. The van der Waals surface area contributed by atoms with Crippen LogP contribution >= 0.6 is 499 Å². The van der Waals surface area contributed by atoms with Crippen LogP contribution in [0.15, 0.2) is 29.4 Å². The summed E-state index contributed by atoms with van der Waals surface area (Å²) in [5.74, 6) is 0.367. The largest absolute Gasteiger partial charge is 1.00 e. The monoisotopic (exact) mass is 5560 g/mol. The molecule has 0 saturated heterocycles. The Morgan fingerprint density at radius 2 is 0.860 bits per heavy atom. The molecular weight excluding hydrogens is 5500 g/mol. The number of azide groups is 1. The summed E-state index contributed by atoms with van der Waals surface area (Å²) in [5, 5.41) is 15.1. The minimum atomic E-state index is -3.29. The molecule has 4 atom stereocenters. The molecule has 15 nitrogen and oxygen atoms in total. The normalized spacial score (nSPS) is 15.1. The van der Waals surface area contributed by atoms with Gasteiger partial charge in [-0.25, -0.2) is 0 Å². The van der Waals surface area contributed by atoms with Crippen molar-refractivity contribution >= 4 is 521 Å². The summed E-state index contributed by atoms with van der Waals surface area (Å²) < 4.78 is 44.7. The SMILES string of the molecule is C.C.COCC(C)CN.COCC(C)CN=[N+]=[N-].COCC(C)CO.COCC(C)COS(C)(=O)=O.I[I-]I.I[I-]I(I)I(I)I(I)I(I)I(I)I(I)I(I)I(I)I(I)I(I)I(I)I(I)I(I)I(I)I(I)I(I)I.O=C1[N-]C(=O)c2ccccc21.[K+]. The molecule has 0 aromatic heterocycles. The maximum atomic E-state index is 10.9. The van der Waals surface area contributed by atoms with Crippen molar-refractivity contribution in [2.24, 2.45) is 34.5 Å². The number of halogens is 38. The molecule has 1 aliphatic heterocycles. The number of benzene rings is 1. The second-order valence-electron chi connectivity index (χ2n) is 13.0. The second-order valence-corrected chi connectivity index (χ2v) is 827. The maximum Gasteiger partial charge on any atom is 1.00 e. The molecule has 546 valence electrons. The van der Waals surface area contributed by atoms with E-state index in [1.165, 1.54) is 0 Å². The molecule has 0 bridgehead atoms. The summed E-state index contributed by atoms with van der Waals surface area (Å²) in [5.41, 5.74) is 14.0. The number of aliphatic hydroxyl groups excluding tert-OH is 1. The van der Waals surface area contributed by atoms with Gasteiger partial charge < -0.3 is 44.7 Å². The van der Waals surface area contributed by atoms with Crippen molar-refractivity contribution in [1.29, 1.82) is 0 Å². The summed E-state index contributed by atoms with van der Waals surface area (Å²) in [4.78, 5) is 24.4. The van der Waals surface area contributed by atoms with E-state index in [9.17, 15) is 18.0 Å². The number of carbonyl (C=O) groups is 2. The number of methoxy groups -OCH3 is 4. The van der Waals surface area contributed by atoms with Gasteiger partial charge >= 0.3 is 577 Å². The van der Waals surface area contributed by atoms with Gasteiger partial charge in [0.15, 0.2) is 0 Å². The number of nitrogens with two attached hydrogens (primary N) is 1. The van der Waals surface area contributed by atoms with Crippen LogP contribution in [0.4, 0.5) is 0 Å². The van der Waals surface area contributed by atoms with E-state index in [1.54, 1.807) is 52.7 Å². The van der Waals surface area contributed by atoms with Gasteiger partial charge in [0.25, 0.3) is 10.1 Å². The van der Waals surface area contributed by atoms with E-state index in [0.717, 1.165) is 12.9 Å². The summed E-state index contributed by atoms with van der Waals surface area (Å²) in [6.45, 7) is 12.0. The molecule has 4 unspecified atom stereocenters. The average molecular weight is 5560 g/mol. The minimum Gasteiger partial charge on any atom is -0.587 e. The molecule has 1 aliphatic rings. The second kappa shape index (κ2) is 85.3. The van der Waals surface area contributed by atoms with Gasteiger partial charge in [-0.3, -0.25) is 4.18 Å². The van der Waals surface area contributed by atoms with Gasteiger partial charge in [-0.1, -0.05) is 71.9 Å². The fourth-order valence-electron chi connectivity index (χ4n) is 3.29. The Hall–Kier alpha value is 26.7. The van der Waals surface area contributed by atoms with Crippen molar-refractivity contribution in [1.82, 2.24) is 0 Å². The number of rotatable bonds is 31. The molecule has 0 fully saturated rings. The van der Waals surface area contributed by atoms with Crippen molar-refractivity contribution in [3.05, 3.63) is 51.2 Å². The number of nitrogens with zero attached hydrogens (tertiary/aromatic N) is 4. The molecule has 86 heavy (non-hydrogen) atoms. The smallest absolute Gasteiger partial charge is 0.587 e. The molecule has 0 aliphatic carbocycles. The van der Waals surface area contributed by atoms with Gasteiger partial charge in [-0.2, -0.15) is 8.42 Å². The van der Waals surface area contributed by atoms with E-state index in [0.29, 0.717) is 82.4 Å². The first-order valence-electron chi connectivity index (χ1n) is 19.3. The number of fused-ring (bicyclic) bond motifs is 1. The van der Waals surface area contributed by atoms with Crippen molar-refractivity contribution in [3.63, 3.8) is 0 Å². The summed E-state index contributed by atoms with van der Waals surface area (Å²) in [6, 6.07) is 6.63. The number of carbonyl (C=O) groups excluding carboxylic acids is 2. The number of imide groups is 1. The Labute approximate surface area is 826 Å². The van der Waals surface area contributed by atoms with Crippen LogP contribution in [0.25, 0.3) is 15.8 Å². The molecule has 2 amide bonds. The Morgan fingerprint density at radius 3 is 1.10 bits per heavy atom. The van der Waals surface area contributed by atoms with E-state index < -0.39 is 140 Å². The fraction of sp³-hybridized carbons (Fsp3) is 0.742. The van der Waals surface area contributed by atoms with Crippen LogP contribution < -0.4 is 83.6 Å². The van der Waals surface area contributed by atoms with Crippen LogP contribution in [0, 0.1) is 23.7 Å². The first kappa shape index (κ1) is 128. The van der Waals surface area contributed by atoms with Crippen LogP contribution in [0.3, 0.4) is 0 Å². The predicted octanol–water partition coefficient (Wildman–Crippen LogP) is 27.8. The van der Waals surface area contributed by atoms with Gasteiger partial charge in [-0.15, -0.1) is 0 Å². The van der Waals surface area contributed by atoms with Crippen molar-refractivity contribution in [2.45, 2.75) is 42.5 Å².